The van der Waals surface area contributed by atoms with Crippen LogP contribution in [0.4, 0.5) is 11.4 Å². The van der Waals surface area contributed by atoms with Crippen LogP contribution in [0.3, 0.4) is 0 Å². The number of nitrogens with one attached hydrogen (secondary N) is 1. The van der Waals surface area contributed by atoms with Crippen molar-refractivity contribution < 1.29 is 13.2 Å². The lowest BCUT2D eigenvalue weighted by atomic mass is 10.1. The van der Waals surface area contributed by atoms with Gasteiger partial charge in [-0.2, -0.15) is 0 Å². The van der Waals surface area contributed by atoms with Crippen molar-refractivity contribution in [1.29, 1.82) is 0 Å². The van der Waals surface area contributed by atoms with Gasteiger partial charge in [0.25, 0.3) is 10.0 Å². The van der Waals surface area contributed by atoms with Crippen molar-refractivity contribution in [3.63, 3.8) is 0 Å². The maximum atomic E-state index is 12.9. The molecule has 3 rings (SSSR count). The third-order valence-corrected chi connectivity index (χ3v) is 6.89. The van der Waals surface area contributed by atoms with Crippen LogP contribution >= 0.6 is 11.8 Å². The summed E-state index contributed by atoms with van der Waals surface area (Å²) in [6.07, 6.45) is 0. The Morgan fingerprint density at radius 2 is 1.85 bits per heavy atom. The highest BCUT2D eigenvalue weighted by molar-refractivity contribution is 8.00. The van der Waals surface area contributed by atoms with Gasteiger partial charge in [0.15, 0.2) is 0 Å². The fourth-order valence-corrected chi connectivity index (χ4v) is 5.37. The molecule has 1 amide bonds. The summed E-state index contributed by atoms with van der Waals surface area (Å²) >= 11 is 1.65. The van der Waals surface area contributed by atoms with Crippen molar-refractivity contribution in [3.8, 4) is 0 Å². The summed E-state index contributed by atoms with van der Waals surface area (Å²) in [6.45, 7) is 7.86. The van der Waals surface area contributed by atoms with Crippen LogP contribution < -0.4 is 9.62 Å². The minimum Gasteiger partial charge on any atom is -0.310 e. The zero-order chi connectivity index (χ0) is 19.1. The zero-order valence-electron chi connectivity index (χ0n) is 15.2. The standard InChI is InChI=1S/C19H22N2O3S2/c1-12-6-5-7-13(2)19(12)20-26(23,24)16-8-9-18-17(10-16)21(15(4)22)11-14(3)25-18/h5-10,14,20H,11H2,1-4H3/t14-/m1/s1. The van der Waals surface area contributed by atoms with E-state index in [1.807, 2.05) is 32.0 Å². The molecule has 0 saturated carbocycles. The highest BCUT2D eigenvalue weighted by Gasteiger charge is 2.27. The maximum Gasteiger partial charge on any atom is 0.261 e. The van der Waals surface area contributed by atoms with Crippen LogP contribution in [0.2, 0.25) is 0 Å². The molecule has 0 saturated heterocycles. The Hall–Kier alpha value is -1.99. The average Bonchev–Trinajstić information content (AvgIpc) is 2.57. The van der Waals surface area contributed by atoms with Gasteiger partial charge >= 0.3 is 0 Å². The number of carbonyl (C=O) groups excluding carboxylic acids is 1. The number of para-hydroxylation sites is 1. The predicted octanol–water partition coefficient (Wildman–Crippen LogP) is 3.95. The van der Waals surface area contributed by atoms with Crippen LogP contribution in [-0.2, 0) is 14.8 Å². The molecule has 0 aromatic heterocycles. The Morgan fingerprint density at radius 1 is 1.19 bits per heavy atom. The highest BCUT2D eigenvalue weighted by atomic mass is 32.2. The Bertz CT molecular complexity index is 950. The monoisotopic (exact) mass is 390 g/mol. The van der Waals surface area contributed by atoms with Crippen molar-refractivity contribution in [1.82, 2.24) is 0 Å². The van der Waals surface area contributed by atoms with E-state index in [1.54, 1.807) is 34.9 Å². The van der Waals surface area contributed by atoms with Crippen molar-refractivity contribution in [2.24, 2.45) is 0 Å². The SMILES string of the molecule is CC(=O)N1C[C@@H](C)Sc2ccc(S(=O)(=O)Nc3c(C)cccc3C)cc21. The van der Waals surface area contributed by atoms with Gasteiger partial charge in [-0.25, -0.2) is 8.42 Å². The van der Waals surface area contributed by atoms with Gasteiger partial charge in [-0.05, 0) is 43.2 Å². The fourth-order valence-electron chi connectivity index (χ4n) is 3.05. The van der Waals surface area contributed by atoms with E-state index < -0.39 is 10.0 Å². The van der Waals surface area contributed by atoms with Crippen molar-refractivity contribution in [3.05, 3.63) is 47.5 Å². The molecule has 138 valence electrons. The van der Waals surface area contributed by atoms with Gasteiger partial charge < -0.3 is 4.90 Å². The molecular weight excluding hydrogens is 368 g/mol. The zero-order valence-corrected chi connectivity index (χ0v) is 16.9. The molecule has 5 nitrogen and oxygen atoms in total. The fraction of sp³-hybridized carbons (Fsp3) is 0.316. The Kier molecular flexibility index (Phi) is 5.03. The molecule has 2 aromatic carbocycles. The first-order chi connectivity index (χ1) is 12.2. The second-order valence-corrected chi connectivity index (χ2v) is 9.72. The van der Waals surface area contributed by atoms with Crippen molar-refractivity contribution in [2.45, 2.75) is 42.7 Å². The Labute approximate surface area is 158 Å². The second-order valence-electron chi connectivity index (χ2n) is 6.56. The molecular formula is C19H22N2O3S2. The predicted molar refractivity (Wildman–Crippen MR) is 107 cm³/mol. The van der Waals surface area contributed by atoms with Crippen molar-refractivity contribution >= 4 is 39.1 Å². The largest absolute Gasteiger partial charge is 0.310 e. The first-order valence-electron chi connectivity index (χ1n) is 8.37. The summed E-state index contributed by atoms with van der Waals surface area (Å²) in [5.74, 6) is -0.0874. The van der Waals surface area contributed by atoms with E-state index in [-0.39, 0.29) is 16.1 Å². The molecule has 0 bridgehead atoms. The van der Waals surface area contributed by atoms with Crippen LogP contribution in [0.15, 0.2) is 46.2 Å². The third kappa shape index (κ3) is 3.59. The van der Waals surface area contributed by atoms with E-state index in [0.717, 1.165) is 16.0 Å². The number of anilines is 2. The molecule has 26 heavy (non-hydrogen) atoms. The lowest BCUT2D eigenvalue weighted by Gasteiger charge is -2.32. The maximum absolute atomic E-state index is 12.9. The van der Waals surface area contributed by atoms with Crippen LogP contribution in [0.25, 0.3) is 0 Å². The number of fused-ring (bicyclic) bond motifs is 1. The minimum absolute atomic E-state index is 0.0874. The quantitative estimate of drug-likeness (QED) is 0.862. The number of nitrogens with zero attached hydrogens (tertiary/aromatic N) is 1. The molecule has 0 unspecified atom stereocenters. The average molecular weight is 391 g/mol. The van der Waals surface area contributed by atoms with Crippen molar-refractivity contribution in [2.75, 3.05) is 16.2 Å². The van der Waals surface area contributed by atoms with E-state index in [9.17, 15) is 13.2 Å². The van der Waals surface area contributed by atoms with Gasteiger partial charge in [0.05, 0.1) is 16.3 Å². The number of thioether (sulfide) groups is 1. The molecule has 1 aliphatic rings. The molecule has 0 aliphatic carbocycles. The second kappa shape index (κ2) is 6.96. The Morgan fingerprint density at radius 3 is 2.46 bits per heavy atom. The number of hydrogen-bond donors (Lipinski definition) is 1. The molecule has 0 fully saturated rings. The van der Waals surface area contributed by atoms with Gasteiger partial charge in [0.2, 0.25) is 5.91 Å². The van der Waals surface area contributed by atoms with Gasteiger partial charge in [0.1, 0.15) is 0 Å². The van der Waals surface area contributed by atoms with E-state index in [4.69, 9.17) is 0 Å². The molecule has 1 atom stereocenters. The van der Waals surface area contributed by atoms with E-state index >= 15 is 0 Å². The number of sulfonamides is 1. The lowest BCUT2D eigenvalue weighted by molar-refractivity contribution is -0.116. The Balaban J connectivity index is 2.02. The molecule has 1 N–H and O–H groups in total. The first-order valence-corrected chi connectivity index (χ1v) is 10.7. The summed E-state index contributed by atoms with van der Waals surface area (Å²) in [4.78, 5) is 14.7. The first kappa shape index (κ1) is 18.8. The van der Waals surface area contributed by atoms with E-state index in [0.29, 0.717) is 17.9 Å². The minimum atomic E-state index is -3.75. The normalized spacial score (nSPS) is 16.9. The van der Waals surface area contributed by atoms with Gasteiger partial charge in [0, 0.05) is 23.6 Å². The molecule has 1 aliphatic heterocycles. The summed E-state index contributed by atoms with van der Waals surface area (Å²) in [5.41, 5.74) is 2.98. The third-order valence-electron chi connectivity index (χ3n) is 4.40. The summed E-state index contributed by atoms with van der Waals surface area (Å²) < 4.78 is 28.5. The number of benzene rings is 2. The van der Waals surface area contributed by atoms with Crippen LogP contribution in [0.1, 0.15) is 25.0 Å². The number of aryl methyl sites for hydroxylation is 2. The number of carbonyl (C=O) groups is 1. The lowest BCUT2D eigenvalue weighted by Crippen LogP contribution is -2.37. The molecule has 0 spiro atoms. The van der Waals surface area contributed by atoms with E-state index in [1.165, 1.54) is 6.92 Å². The van der Waals surface area contributed by atoms with Gasteiger partial charge in [-0.1, -0.05) is 25.1 Å². The van der Waals surface area contributed by atoms with Gasteiger partial charge in [-0.3, -0.25) is 9.52 Å². The number of amides is 1. The summed E-state index contributed by atoms with van der Waals surface area (Å²) in [5, 5.41) is 0.265. The van der Waals surface area contributed by atoms with Crippen LogP contribution in [0.5, 0.6) is 0 Å². The number of rotatable bonds is 3. The molecule has 0 radical (unpaired) electrons. The summed E-state index contributed by atoms with van der Waals surface area (Å²) in [7, 11) is -3.75. The molecule has 2 aromatic rings. The topological polar surface area (TPSA) is 66.5 Å². The molecule has 1 heterocycles. The van der Waals surface area contributed by atoms with Gasteiger partial charge in [-0.15, -0.1) is 11.8 Å². The van der Waals surface area contributed by atoms with Crippen LogP contribution in [0, 0.1) is 13.8 Å². The smallest absolute Gasteiger partial charge is 0.261 e. The van der Waals surface area contributed by atoms with E-state index in [2.05, 4.69) is 11.6 Å². The summed E-state index contributed by atoms with van der Waals surface area (Å²) in [6, 6.07) is 10.6. The van der Waals surface area contributed by atoms with Crippen LogP contribution in [-0.4, -0.2) is 26.1 Å². The highest BCUT2D eigenvalue weighted by Crippen LogP contribution is 2.40. The number of hydrogen-bond acceptors (Lipinski definition) is 4. The molecule has 7 heteroatoms.